The van der Waals surface area contributed by atoms with Gasteiger partial charge in [0, 0.05) is 12.1 Å². The zero-order valence-electron chi connectivity index (χ0n) is 13.7. The Bertz CT molecular complexity index is 763. The molecule has 2 aliphatic rings. The van der Waals surface area contributed by atoms with Gasteiger partial charge in [0.15, 0.2) is 0 Å². The Kier molecular flexibility index (Phi) is 3.97. The quantitative estimate of drug-likeness (QED) is 0.835. The number of nitrogens with one attached hydrogen (secondary N) is 2. The second-order valence-corrected chi connectivity index (χ2v) is 6.69. The predicted molar refractivity (Wildman–Crippen MR) is 96.2 cm³/mol. The van der Waals surface area contributed by atoms with Crippen molar-refractivity contribution in [2.75, 3.05) is 5.32 Å². The van der Waals surface area contributed by atoms with Crippen LogP contribution in [0.1, 0.15) is 37.7 Å². The highest BCUT2D eigenvalue weighted by molar-refractivity contribution is 6.00. The highest BCUT2D eigenvalue weighted by Gasteiger charge is 2.40. The van der Waals surface area contributed by atoms with Gasteiger partial charge in [0.25, 0.3) is 0 Å². The number of fused-ring (bicyclic) bond motifs is 1. The first-order valence-electron chi connectivity index (χ1n) is 8.71. The van der Waals surface area contributed by atoms with E-state index in [1.54, 1.807) is 6.07 Å². The minimum absolute atomic E-state index is 0.141. The molecule has 1 aliphatic carbocycles. The normalized spacial score (nSPS) is 18.5. The van der Waals surface area contributed by atoms with Crippen LogP contribution in [0, 0.1) is 5.82 Å². The molecule has 1 spiro atoms. The van der Waals surface area contributed by atoms with Crippen molar-refractivity contribution in [3.05, 3.63) is 59.9 Å². The Balaban J connectivity index is 1.64. The predicted octanol–water partition coefficient (Wildman–Crippen LogP) is 4.77. The molecule has 2 aromatic carbocycles. The standard InChI is InChI=1S/C20H22FN3/c21-16-9-3-2-8-15(16)14-22-19-20(12-6-1-7-13-20)24-18-11-5-4-10-17(18)23-19/h2-5,8-11,24H,1,6-7,12-14H2,(H,22,23). The van der Waals surface area contributed by atoms with Gasteiger partial charge in [0.1, 0.15) is 11.7 Å². The van der Waals surface area contributed by atoms with Crippen LogP contribution >= 0.6 is 0 Å². The number of nitrogens with zero attached hydrogens (tertiary/aromatic N) is 1. The van der Waals surface area contributed by atoms with Crippen molar-refractivity contribution in [1.29, 1.82) is 0 Å². The lowest BCUT2D eigenvalue weighted by Crippen LogP contribution is -2.54. The summed E-state index contributed by atoms with van der Waals surface area (Å²) in [6.45, 7) is 0.455. The molecular weight excluding hydrogens is 301 g/mol. The van der Waals surface area contributed by atoms with E-state index in [-0.39, 0.29) is 11.4 Å². The molecule has 4 rings (SSSR count). The summed E-state index contributed by atoms with van der Waals surface area (Å²) in [4.78, 5) is 4.89. The Hall–Kier alpha value is -2.36. The molecule has 1 fully saturated rings. The van der Waals surface area contributed by atoms with Gasteiger partial charge in [-0.05, 0) is 31.0 Å². The van der Waals surface area contributed by atoms with E-state index < -0.39 is 0 Å². The van der Waals surface area contributed by atoms with Crippen LogP contribution in [0.15, 0.2) is 53.5 Å². The summed E-state index contributed by atoms with van der Waals surface area (Å²) in [7, 11) is 0. The molecule has 3 nitrogen and oxygen atoms in total. The number of anilines is 1. The van der Waals surface area contributed by atoms with E-state index in [1.165, 1.54) is 25.3 Å². The van der Waals surface area contributed by atoms with Crippen molar-refractivity contribution in [2.45, 2.75) is 44.2 Å². The SMILES string of the molecule is Fc1ccccc1CNC1=Nc2ccccc2NC12CCCCC2. The van der Waals surface area contributed by atoms with Gasteiger partial charge in [-0.15, -0.1) is 0 Å². The van der Waals surface area contributed by atoms with Gasteiger partial charge in [0.05, 0.1) is 16.9 Å². The molecule has 0 radical (unpaired) electrons. The van der Waals surface area contributed by atoms with Gasteiger partial charge in [-0.3, -0.25) is 0 Å². The van der Waals surface area contributed by atoms with Gasteiger partial charge in [-0.1, -0.05) is 49.6 Å². The van der Waals surface area contributed by atoms with Crippen LogP contribution in [0.4, 0.5) is 15.8 Å². The first-order valence-corrected chi connectivity index (χ1v) is 8.71. The second-order valence-electron chi connectivity index (χ2n) is 6.69. The van der Waals surface area contributed by atoms with Gasteiger partial charge in [-0.25, -0.2) is 9.38 Å². The Morgan fingerprint density at radius 2 is 1.75 bits per heavy atom. The molecular formula is C20H22FN3. The number of benzene rings is 2. The number of hydrogen-bond acceptors (Lipinski definition) is 3. The van der Waals surface area contributed by atoms with Crippen molar-refractivity contribution in [3.8, 4) is 0 Å². The summed E-state index contributed by atoms with van der Waals surface area (Å²) in [5.74, 6) is 0.775. The molecule has 0 amide bonds. The van der Waals surface area contributed by atoms with E-state index in [1.807, 2.05) is 30.3 Å². The third kappa shape index (κ3) is 2.77. The topological polar surface area (TPSA) is 36.4 Å². The lowest BCUT2D eigenvalue weighted by atomic mass is 9.79. The smallest absolute Gasteiger partial charge is 0.128 e. The first-order chi connectivity index (χ1) is 11.8. The second kappa shape index (κ2) is 6.27. The molecule has 0 atom stereocenters. The maximum atomic E-state index is 13.9. The number of amidine groups is 1. The number of rotatable bonds is 2. The molecule has 0 saturated heterocycles. The zero-order valence-corrected chi connectivity index (χ0v) is 13.7. The number of hydrogen-bond donors (Lipinski definition) is 2. The molecule has 0 unspecified atom stereocenters. The third-order valence-electron chi connectivity index (χ3n) is 5.07. The minimum atomic E-state index is -0.174. The molecule has 1 aliphatic heterocycles. The first kappa shape index (κ1) is 15.2. The summed E-state index contributed by atoms with van der Waals surface area (Å²) >= 11 is 0. The van der Waals surface area contributed by atoms with Crippen LogP contribution in [0.2, 0.25) is 0 Å². The lowest BCUT2D eigenvalue weighted by Gasteiger charge is -2.42. The molecule has 24 heavy (non-hydrogen) atoms. The summed E-state index contributed by atoms with van der Waals surface area (Å²) in [6.07, 6.45) is 5.77. The van der Waals surface area contributed by atoms with Gasteiger partial charge < -0.3 is 10.6 Å². The largest absolute Gasteiger partial charge is 0.371 e. The Labute approximate surface area is 142 Å². The van der Waals surface area contributed by atoms with Crippen LogP contribution in [-0.4, -0.2) is 11.4 Å². The van der Waals surface area contributed by atoms with E-state index >= 15 is 0 Å². The average Bonchev–Trinajstić information content (AvgIpc) is 2.62. The molecule has 2 N–H and O–H groups in total. The number of halogens is 1. The minimum Gasteiger partial charge on any atom is -0.371 e. The number of aliphatic imine (C=N–C) groups is 1. The van der Waals surface area contributed by atoms with Crippen LogP contribution < -0.4 is 10.6 Å². The highest BCUT2D eigenvalue weighted by atomic mass is 19.1. The van der Waals surface area contributed by atoms with Crippen molar-refractivity contribution < 1.29 is 4.39 Å². The molecule has 124 valence electrons. The van der Waals surface area contributed by atoms with Crippen molar-refractivity contribution in [3.63, 3.8) is 0 Å². The van der Waals surface area contributed by atoms with E-state index in [4.69, 9.17) is 4.99 Å². The fraction of sp³-hybridized carbons (Fsp3) is 0.350. The van der Waals surface area contributed by atoms with Crippen LogP contribution in [0.3, 0.4) is 0 Å². The van der Waals surface area contributed by atoms with E-state index in [2.05, 4.69) is 16.7 Å². The molecule has 2 aromatic rings. The summed E-state index contributed by atoms with van der Waals surface area (Å²) in [5, 5.41) is 7.15. The average molecular weight is 323 g/mol. The van der Waals surface area contributed by atoms with E-state index in [0.29, 0.717) is 12.1 Å². The maximum absolute atomic E-state index is 13.9. The highest BCUT2D eigenvalue weighted by Crippen LogP contribution is 2.40. The fourth-order valence-electron chi connectivity index (χ4n) is 3.77. The molecule has 4 heteroatoms. The fourth-order valence-corrected chi connectivity index (χ4v) is 3.77. The monoisotopic (exact) mass is 323 g/mol. The van der Waals surface area contributed by atoms with Gasteiger partial charge in [0.2, 0.25) is 0 Å². The molecule has 0 aromatic heterocycles. The Morgan fingerprint density at radius 1 is 1.00 bits per heavy atom. The van der Waals surface area contributed by atoms with Crippen molar-refractivity contribution >= 4 is 17.2 Å². The third-order valence-corrected chi connectivity index (χ3v) is 5.07. The molecule has 1 saturated carbocycles. The maximum Gasteiger partial charge on any atom is 0.128 e. The van der Waals surface area contributed by atoms with Crippen molar-refractivity contribution in [1.82, 2.24) is 5.32 Å². The number of para-hydroxylation sites is 2. The lowest BCUT2D eigenvalue weighted by molar-refractivity contribution is 0.396. The summed E-state index contributed by atoms with van der Waals surface area (Å²) in [5.41, 5.74) is 2.57. The molecule has 0 bridgehead atoms. The van der Waals surface area contributed by atoms with Crippen LogP contribution in [-0.2, 0) is 6.54 Å². The van der Waals surface area contributed by atoms with Gasteiger partial charge >= 0.3 is 0 Å². The van der Waals surface area contributed by atoms with Crippen molar-refractivity contribution in [2.24, 2.45) is 4.99 Å². The van der Waals surface area contributed by atoms with Gasteiger partial charge in [-0.2, -0.15) is 0 Å². The zero-order chi connectivity index (χ0) is 16.4. The Morgan fingerprint density at radius 3 is 2.58 bits per heavy atom. The summed E-state index contributed by atoms with van der Waals surface area (Å²) < 4.78 is 13.9. The summed E-state index contributed by atoms with van der Waals surface area (Å²) in [6, 6.07) is 15.0. The van der Waals surface area contributed by atoms with E-state index in [0.717, 1.165) is 30.1 Å². The van der Waals surface area contributed by atoms with E-state index in [9.17, 15) is 4.39 Å². The van der Waals surface area contributed by atoms with Crippen LogP contribution in [0.5, 0.6) is 0 Å². The molecule has 1 heterocycles. The van der Waals surface area contributed by atoms with Crippen LogP contribution in [0.25, 0.3) is 0 Å².